The van der Waals surface area contributed by atoms with Gasteiger partial charge in [0.2, 0.25) is 17.7 Å². The maximum atomic E-state index is 13.0. The summed E-state index contributed by atoms with van der Waals surface area (Å²) in [6.07, 6.45) is 0.389. The highest BCUT2D eigenvalue weighted by Gasteiger charge is 2.40. The standard InChI is InChI=1S/C25H25N3O6/c29-22-9-8-20(24(31)26-22)28-13-19-18(25(28)32)2-1-3-21(19)34-14-17-6-4-16(5-7-17)12-27-10-11-33-15-23(27)30/h1-7,20H,8-15H2,(H,26,29,31)/i4D,7D,12D2. The summed E-state index contributed by atoms with van der Waals surface area (Å²) >= 11 is 0. The summed E-state index contributed by atoms with van der Waals surface area (Å²) in [6, 6.07) is 6.52. The zero-order valence-electron chi connectivity index (χ0n) is 22.3. The van der Waals surface area contributed by atoms with E-state index in [4.69, 9.17) is 15.0 Å². The normalized spacial score (nSPS) is 22.5. The van der Waals surface area contributed by atoms with Gasteiger partial charge in [-0.3, -0.25) is 24.5 Å². The number of hydrogen-bond donors (Lipinski definition) is 1. The van der Waals surface area contributed by atoms with Crippen LogP contribution in [0.5, 0.6) is 5.75 Å². The van der Waals surface area contributed by atoms with Gasteiger partial charge in [0.1, 0.15) is 25.0 Å². The van der Waals surface area contributed by atoms with Crippen molar-refractivity contribution in [3.8, 4) is 5.75 Å². The lowest BCUT2D eigenvalue weighted by molar-refractivity contribution is -0.143. The molecule has 0 radical (unpaired) electrons. The van der Waals surface area contributed by atoms with Crippen LogP contribution in [0.15, 0.2) is 42.4 Å². The Labute approximate surface area is 202 Å². The second kappa shape index (κ2) is 9.26. The number of rotatable bonds is 6. The maximum absolute atomic E-state index is 13.0. The first-order valence-electron chi connectivity index (χ1n) is 13.0. The Kier molecular flexibility index (Phi) is 4.83. The van der Waals surface area contributed by atoms with Gasteiger partial charge in [0.25, 0.3) is 5.91 Å². The van der Waals surface area contributed by atoms with Crippen molar-refractivity contribution < 1.29 is 34.1 Å². The van der Waals surface area contributed by atoms with Crippen LogP contribution in [0.2, 0.25) is 0 Å². The Bertz CT molecular complexity index is 1350. The van der Waals surface area contributed by atoms with Gasteiger partial charge in [0.15, 0.2) is 0 Å². The average molecular weight is 468 g/mol. The zero-order valence-corrected chi connectivity index (χ0v) is 18.3. The van der Waals surface area contributed by atoms with E-state index in [9.17, 15) is 19.2 Å². The molecule has 0 aromatic heterocycles. The molecule has 0 aliphatic carbocycles. The first-order chi connectivity index (χ1) is 18.1. The number of imide groups is 1. The van der Waals surface area contributed by atoms with Crippen LogP contribution in [0, 0.1) is 0 Å². The van der Waals surface area contributed by atoms with Gasteiger partial charge in [-0.05, 0) is 29.7 Å². The number of hydrogen-bond acceptors (Lipinski definition) is 6. The minimum atomic E-state index is -2.28. The molecule has 34 heavy (non-hydrogen) atoms. The summed E-state index contributed by atoms with van der Waals surface area (Å²) < 4.78 is 44.7. The Hall–Kier alpha value is -3.72. The Morgan fingerprint density at radius 3 is 2.79 bits per heavy atom. The number of fused-ring (bicyclic) bond motifs is 1. The van der Waals surface area contributed by atoms with E-state index in [0.717, 1.165) is 4.90 Å². The Morgan fingerprint density at radius 1 is 1.15 bits per heavy atom. The number of nitrogens with zero attached hydrogens (tertiary/aromatic N) is 2. The van der Waals surface area contributed by atoms with E-state index in [2.05, 4.69) is 5.32 Å². The Morgan fingerprint density at radius 2 is 1.97 bits per heavy atom. The number of carbonyl (C=O) groups excluding carboxylic acids is 4. The predicted octanol–water partition coefficient (Wildman–Crippen LogP) is 1.39. The lowest BCUT2D eigenvalue weighted by Crippen LogP contribution is -2.52. The third-order valence-corrected chi connectivity index (χ3v) is 5.97. The van der Waals surface area contributed by atoms with E-state index in [-0.39, 0.29) is 75.2 Å². The van der Waals surface area contributed by atoms with Crippen molar-refractivity contribution in [3.63, 3.8) is 0 Å². The van der Waals surface area contributed by atoms with Crippen molar-refractivity contribution in [2.45, 2.75) is 38.5 Å². The minimum absolute atomic E-state index is 0.0388. The van der Waals surface area contributed by atoms with E-state index < -0.39 is 24.4 Å². The largest absolute Gasteiger partial charge is 0.489 e. The summed E-state index contributed by atoms with van der Waals surface area (Å²) in [5.74, 6) is -1.35. The van der Waals surface area contributed by atoms with Gasteiger partial charge >= 0.3 is 0 Å². The number of amides is 4. The number of nitrogens with one attached hydrogen (secondary N) is 1. The first kappa shape index (κ1) is 17.7. The number of morpholine rings is 1. The molecule has 176 valence electrons. The number of carbonyl (C=O) groups is 4. The minimum Gasteiger partial charge on any atom is -0.489 e. The molecule has 1 unspecified atom stereocenters. The molecule has 9 nitrogen and oxygen atoms in total. The third-order valence-electron chi connectivity index (χ3n) is 5.97. The molecule has 4 amide bonds. The Balaban J connectivity index is 1.34. The molecule has 3 aliphatic heterocycles. The van der Waals surface area contributed by atoms with Crippen molar-refractivity contribution in [3.05, 3.63) is 64.7 Å². The highest BCUT2D eigenvalue weighted by Crippen LogP contribution is 2.34. The number of ether oxygens (including phenoxy) is 2. The summed E-state index contributed by atoms with van der Waals surface area (Å²) in [6.45, 7) is -2.29. The van der Waals surface area contributed by atoms with Gasteiger partial charge in [0, 0.05) is 30.6 Å². The summed E-state index contributed by atoms with van der Waals surface area (Å²) in [7, 11) is 0. The number of piperidine rings is 1. The third kappa shape index (κ3) is 4.38. The van der Waals surface area contributed by atoms with E-state index in [1.54, 1.807) is 18.2 Å². The van der Waals surface area contributed by atoms with Crippen LogP contribution in [0.4, 0.5) is 0 Å². The molecule has 0 spiro atoms. The molecule has 1 N–H and O–H groups in total. The van der Waals surface area contributed by atoms with Gasteiger partial charge < -0.3 is 19.3 Å². The molecule has 1 atom stereocenters. The van der Waals surface area contributed by atoms with E-state index in [1.807, 2.05) is 0 Å². The van der Waals surface area contributed by atoms with Crippen LogP contribution in [-0.4, -0.2) is 59.2 Å². The van der Waals surface area contributed by atoms with Crippen LogP contribution in [0.25, 0.3) is 0 Å². The maximum Gasteiger partial charge on any atom is 0.255 e. The van der Waals surface area contributed by atoms with E-state index in [0.29, 0.717) is 22.4 Å². The summed E-state index contributed by atoms with van der Waals surface area (Å²) in [5, 5.41) is 2.27. The summed E-state index contributed by atoms with van der Waals surface area (Å²) in [5.41, 5.74) is 1.19. The van der Waals surface area contributed by atoms with Gasteiger partial charge in [0.05, 0.1) is 18.6 Å². The molecule has 0 bridgehead atoms. The molecule has 0 saturated carbocycles. The topological polar surface area (TPSA) is 105 Å². The molecule has 3 heterocycles. The second-order valence-corrected chi connectivity index (χ2v) is 8.20. The molecule has 2 aromatic carbocycles. The van der Waals surface area contributed by atoms with Gasteiger partial charge in [-0.2, -0.15) is 0 Å². The fourth-order valence-electron chi connectivity index (χ4n) is 4.19. The molecule has 9 heteroatoms. The molecule has 2 aromatic rings. The monoisotopic (exact) mass is 467 g/mol. The van der Waals surface area contributed by atoms with Crippen LogP contribution in [0.1, 0.15) is 45.4 Å². The lowest BCUT2D eigenvalue weighted by atomic mass is 10.0. The SMILES string of the molecule is [2H]c1cc(C([2H])([2H])N2CCOCC2=O)c([2H])cc1COc1cccc2c1CN(C1CCC(=O)NC1=O)C2=O. The van der Waals surface area contributed by atoms with Crippen molar-refractivity contribution in [2.75, 3.05) is 19.8 Å². The van der Waals surface area contributed by atoms with Crippen molar-refractivity contribution in [1.82, 2.24) is 15.1 Å². The average Bonchev–Trinajstić information content (AvgIpc) is 3.21. The van der Waals surface area contributed by atoms with Crippen LogP contribution >= 0.6 is 0 Å². The molecular weight excluding hydrogens is 438 g/mol. The van der Waals surface area contributed by atoms with E-state index in [1.165, 1.54) is 17.0 Å². The van der Waals surface area contributed by atoms with Crippen molar-refractivity contribution in [2.24, 2.45) is 0 Å². The van der Waals surface area contributed by atoms with Crippen LogP contribution in [-0.2, 0) is 38.8 Å². The molecule has 3 aliphatic rings. The van der Waals surface area contributed by atoms with Crippen molar-refractivity contribution in [1.29, 1.82) is 0 Å². The zero-order chi connectivity index (χ0) is 27.2. The second-order valence-electron chi connectivity index (χ2n) is 8.20. The number of benzene rings is 2. The molecular formula is C25H25N3O6. The smallest absolute Gasteiger partial charge is 0.255 e. The summed E-state index contributed by atoms with van der Waals surface area (Å²) in [4.78, 5) is 51.4. The molecule has 2 saturated heterocycles. The fourth-order valence-corrected chi connectivity index (χ4v) is 4.19. The van der Waals surface area contributed by atoms with Crippen LogP contribution in [0.3, 0.4) is 0 Å². The highest BCUT2D eigenvalue weighted by atomic mass is 16.5. The van der Waals surface area contributed by atoms with E-state index >= 15 is 0 Å². The van der Waals surface area contributed by atoms with Gasteiger partial charge in [-0.25, -0.2) is 0 Å². The lowest BCUT2D eigenvalue weighted by Gasteiger charge is -2.29. The molecule has 5 rings (SSSR count). The molecule has 2 fully saturated rings. The van der Waals surface area contributed by atoms with Gasteiger partial charge in [-0.1, -0.05) is 30.3 Å². The quantitative estimate of drug-likeness (QED) is 0.644. The van der Waals surface area contributed by atoms with Gasteiger partial charge in [-0.15, -0.1) is 0 Å². The predicted molar refractivity (Wildman–Crippen MR) is 119 cm³/mol. The van der Waals surface area contributed by atoms with Crippen LogP contribution < -0.4 is 10.1 Å². The first-order valence-corrected chi connectivity index (χ1v) is 11.0. The van der Waals surface area contributed by atoms with Crippen molar-refractivity contribution >= 4 is 23.6 Å². The fraction of sp³-hybridized carbons (Fsp3) is 0.360. The highest BCUT2D eigenvalue weighted by molar-refractivity contribution is 6.05.